The van der Waals surface area contributed by atoms with Crippen molar-refractivity contribution < 1.29 is 9.90 Å². The van der Waals surface area contributed by atoms with E-state index in [0.717, 1.165) is 45.3 Å². The van der Waals surface area contributed by atoms with E-state index in [9.17, 15) is 9.90 Å². The Morgan fingerprint density at radius 3 is 1.65 bits per heavy atom. The Labute approximate surface area is 213 Å². The lowest BCUT2D eigenvalue weighted by Gasteiger charge is -2.28. The van der Waals surface area contributed by atoms with Crippen LogP contribution in [-0.2, 0) is 4.79 Å². The van der Waals surface area contributed by atoms with Crippen LogP contribution in [0.4, 0.5) is 0 Å². The summed E-state index contributed by atoms with van der Waals surface area (Å²) in [4.78, 5) is 15.0. The molecule has 0 bridgehead atoms. The van der Waals surface area contributed by atoms with Gasteiger partial charge in [0.15, 0.2) is 0 Å². The van der Waals surface area contributed by atoms with Gasteiger partial charge in [0.05, 0.1) is 12.1 Å². The summed E-state index contributed by atoms with van der Waals surface area (Å²) in [7, 11) is 0. The zero-order valence-electron chi connectivity index (χ0n) is 23.1. The summed E-state index contributed by atoms with van der Waals surface area (Å²) in [5.41, 5.74) is 0. The molecule has 1 aliphatic heterocycles. The van der Waals surface area contributed by atoms with E-state index in [1.807, 2.05) is 0 Å². The van der Waals surface area contributed by atoms with Crippen LogP contribution in [0, 0.1) is 0 Å². The Morgan fingerprint density at radius 1 is 0.706 bits per heavy atom. The Balaban J connectivity index is 2.11. The maximum atomic E-state index is 12.6. The van der Waals surface area contributed by atoms with Crippen molar-refractivity contribution in [1.82, 2.24) is 10.2 Å². The second-order valence-corrected chi connectivity index (χ2v) is 10.9. The number of nitrogens with zero attached hydrogens (tertiary/aromatic N) is 1. The van der Waals surface area contributed by atoms with Crippen molar-refractivity contribution in [3.05, 3.63) is 0 Å². The van der Waals surface area contributed by atoms with Gasteiger partial charge in [-0.3, -0.25) is 4.79 Å². The molecule has 1 heterocycles. The number of hydrogen-bond acceptors (Lipinski definition) is 3. The summed E-state index contributed by atoms with van der Waals surface area (Å²) in [5, 5.41) is 14.0. The number of aliphatic hydroxyl groups excluding tert-OH is 1. The second kappa shape index (κ2) is 22.8. The smallest absolute Gasteiger partial charge is 0.220 e. The molecular weight excluding hydrogens is 420 g/mol. The first-order valence-corrected chi connectivity index (χ1v) is 15.4. The molecule has 2 N–H and O–H groups in total. The van der Waals surface area contributed by atoms with Crippen LogP contribution in [0.2, 0.25) is 0 Å². The Morgan fingerprint density at radius 2 is 1.15 bits per heavy atom. The van der Waals surface area contributed by atoms with Crippen molar-refractivity contribution in [3.8, 4) is 0 Å². The van der Waals surface area contributed by atoms with Crippen LogP contribution in [0.15, 0.2) is 0 Å². The first-order valence-electron chi connectivity index (χ1n) is 15.4. The summed E-state index contributed by atoms with van der Waals surface area (Å²) in [6, 6.07) is -0.112. The molecule has 4 nitrogen and oxygen atoms in total. The monoisotopic (exact) mass is 480 g/mol. The number of hydrogen-bond donors (Lipinski definition) is 2. The van der Waals surface area contributed by atoms with E-state index in [-0.39, 0.29) is 11.9 Å². The van der Waals surface area contributed by atoms with Crippen molar-refractivity contribution in [2.45, 2.75) is 167 Å². The summed E-state index contributed by atoms with van der Waals surface area (Å²) in [5.74, 6) is 0.136. The highest BCUT2D eigenvalue weighted by molar-refractivity contribution is 5.76. The molecule has 0 saturated carbocycles. The first-order chi connectivity index (χ1) is 16.7. The predicted molar refractivity (Wildman–Crippen MR) is 147 cm³/mol. The van der Waals surface area contributed by atoms with Crippen molar-refractivity contribution >= 4 is 5.91 Å². The quantitative estimate of drug-likeness (QED) is 0.139. The number of aliphatic hydroxyl groups is 1. The number of carbonyl (C=O) groups is 1. The zero-order chi connectivity index (χ0) is 24.7. The van der Waals surface area contributed by atoms with Crippen molar-refractivity contribution in [1.29, 1.82) is 0 Å². The summed E-state index contributed by atoms with van der Waals surface area (Å²) < 4.78 is 0. The number of carbonyl (C=O) groups excluding carboxylic acids is 1. The maximum Gasteiger partial charge on any atom is 0.220 e. The summed E-state index contributed by atoms with van der Waals surface area (Å²) in [6.45, 7) is 7.53. The highest BCUT2D eigenvalue weighted by Crippen LogP contribution is 2.15. The molecule has 0 aromatic carbocycles. The molecule has 1 rings (SSSR count). The third-order valence-corrected chi connectivity index (χ3v) is 7.58. The molecular formula is C30H60N2O2. The molecule has 1 fully saturated rings. The van der Waals surface area contributed by atoms with Gasteiger partial charge in [0.2, 0.25) is 5.91 Å². The average Bonchev–Trinajstić information content (AvgIpc) is 3.34. The van der Waals surface area contributed by atoms with E-state index < -0.39 is 6.10 Å². The van der Waals surface area contributed by atoms with E-state index in [4.69, 9.17) is 0 Å². The molecule has 1 saturated heterocycles. The van der Waals surface area contributed by atoms with Crippen LogP contribution in [-0.4, -0.2) is 47.7 Å². The van der Waals surface area contributed by atoms with Gasteiger partial charge in [-0.1, -0.05) is 123 Å². The molecule has 4 heteroatoms. The van der Waals surface area contributed by atoms with Crippen molar-refractivity contribution in [2.24, 2.45) is 0 Å². The molecule has 0 aromatic heterocycles. The SMILES string of the molecule is CCCCCCCCCCCCCCCC(=O)N[C@H](CN1CCCC1)[C@H](O)CCCCCCC. The maximum absolute atomic E-state index is 12.6. The van der Waals surface area contributed by atoms with Gasteiger partial charge in [0.1, 0.15) is 0 Å². The minimum absolute atomic E-state index is 0.112. The fourth-order valence-electron chi connectivity index (χ4n) is 5.25. The van der Waals surface area contributed by atoms with Gasteiger partial charge in [0.25, 0.3) is 0 Å². The normalized spacial score (nSPS) is 16.1. The number of amides is 1. The van der Waals surface area contributed by atoms with E-state index in [0.29, 0.717) is 6.42 Å². The average molecular weight is 481 g/mol. The number of likely N-dealkylation sites (tertiary alicyclic amines) is 1. The summed E-state index contributed by atoms with van der Waals surface area (Å²) >= 11 is 0. The largest absolute Gasteiger partial charge is 0.391 e. The highest BCUT2D eigenvalue weighted by atomic mass is 16.3. The minimum atomic E-state index is -0.419. The molecule has 0 spiro atoms. The van der Waals surface area contributed by atoms with Gasteiger partial charge in [-0.05, 0) is 38.8 Å². The lowest BCUT2D eigenvalue weighted by molar-refractivity contribution is -0.123. The van der Waals surface area contributed by atoms with Crippen LogP contribution < -0.4 is 5.32 Å². The van der Waals surface area contributed by atoms with Crippen LogP contribution in [0.25, 0.3) is 0 Å². The van der Waals surface area contributed by atoms with Gasteiger partial charge >= 0.3 is 0 Å². The van der Waals surface area contributed by atoms with Gasteiger partial charge in [-0.2, -0.15) is 0 Å². The molecule has 0 aliphatic carbocycles. The van der Waals surface area contributed by atoms with Crippen LogP contribution in [0.3, 0.4) is 0 Å². The second-order valence-electron chi connectivity index (χ2n) is 10.9. The minimum Gasteiger partial charge on any atom is -0.391 e. The standard InChI is InChI=1S/C30H60N2O2/c1-3-5-7-9-10-11-12-13-14-15-16-18-20-24-30(34)31-28(27-32-25-21-22-26-32)29(33)23-19-17-8-6-4-2/h28-29,33H,3-27H2,1-2H3,(H,31,34)/t28-,29-/m1/s1. The van der Waals surface area contributed by atoms with E-state index in [2.05, 4.69) is 24.1 Å². The van der Waals surface area contributed by atoms with Gasteiger partial charge < -0.3 is 15.3 Å². The molecule has 0 unspecified atom stereocenters. The van der Waals surface area contributed by atoms with Crippen molar-refractivity contribution in [2.75, 3.05) is 19.6 Å². The number of unbranched alkanes of at least 4 members (excludes halogenated alkanes) is 16. The highest BCUT2D eigenvalue weighted by Gasteiger charge is 2.25. The first kappa shape index (κ1) is 31.4. The zero-order valence-corrected chi connectivity index (χ0v) is 23.1. The fraction of sp³-hybridized carbons (Fsp3) is 0.967. The molecule has 2 atom stereocenters. The third kappa shape index (κ3) is 17.8. The van der Waals surface area contributed by atoms with Crippen LogP contribution in [0.5, 0.6) is 0 Å². The molecule has 34 heavy (non-hydrogen) atoms. The third-order valence-electron chi connectivity index (χ3n) is 7.58. The Hall–Kier alpha value is -0.610. The Kier molecular flexibility index (Phi) is 21.1. The molecule has 202 valence electrons. The van der Waals surface area contributed by atoms with Crippen LogP contribution in [0.1, 0.15) is 155 Å². The number of rotatable bonds is 24. The molecule has 0 aromatic rings. The lowest BCUT2D eigenvalue weighted by Crippen LogP contribution is -2.50. The lowest BCUT2D eigenvalue weighted by atomic mass is 10.0. The Bertz CT molecular complexity index is 451. The topological polar surface area (TPSA) is 52.6 Å². The fourth-order valence-corrected chi connectivity index (χ4v) is 5.25. The van der Waals surface area contributed by atoms with E-state index in [1.54, 1.807) is 0 Å². The summed E-state index contributed by atoms with van der Waals surface area (Å²) in [6.07, 6.45) is 26.7. The molecule has 0 radical (unpaired) electrons. The van der Waals surface area contributed by atoms with Crippen molar-refractivity contribution in [3.63, 3.8) is 0 Å². The van der Waals surface area contributed by atoms with E-state index in [1.165, 1.54) is 109 Å². The van der Waals surface area contributed by atoms with E-state index >= 15 is 0 Å². The molecule has 1 amide bonds. The van der Waals surface area contributed by atoms with Gasteiger partial charge in [-0.15, -0.1) is 0 Å². The predicted octanol–water partition coefficient (Wildman–Crippen LogP) is 7.77. The van der Waals surface area contributed by atoms with Gasteiger partial charge in [-0.25, -0.2) is 0 Å². The van der Waals surface area contributed by atoms with Crippen LogP contribution >= 0.6 is 0 Å². The molecule has 1 aliphatic rings. The van der Waals surface area contributed by atoms with Gasteiger partial charge in [0, 0.05) is 13.0 Å². The number of nitrogens with one attached hydrogen (secondary N) is 1.